The Morgan fingerprint density at radius 2 is 2.36 bits per heavy atom. The average molecular weight is 198 g/mol. The standard InChI is InChI=1S/C10H18N2O2/c13-10(8-1-2-8)12-4-3-9-7-14-6-5-11-9/h8-9,11H,1-7H2,(H,12,13). The first-order valence-corrected chi connectivity index (χ1v) is 5.45. The summed E-state index contributed by atoms with van der Waals surface area (Å²) in [6.07, 6.45) is 3.13. The second-order valence-electron chi connectivity index (χ2n) is 4.08. The quantitative estimate of drug-likeness (QED) is 0.663. The summed E-state index contributed by atoms with van der Waals surface area (Å²) in [4.78, 5) is 11.3. The van der Waals surface area contributed by atoms with Gasteiger partial charge >= 0.3 is 0 Å². The molecule has 2 aliphatic rings. The predicted molar refractivity (Wildman–Crippen MR) is 53.0 cm³/mol. The molecular weight excluding hydrogens is 180 g/mol. The van der Waals surface area contributed by atoms with Gasteiger partial charge in [0.1, 0.15) is 0 Å². The third-order valence-electron chi connectivity index (χ3n) is 2.74. The van der Waals surface area contributed by atoms with E-state index in [4.69, 9.17) is 4.74 Å². The molecule has 2 fully saturated rings. The van der Waals surface area contributed by atoms with Crippen LogP contribution in [0, 0.1) is 5.92 Å². The highest BCUT2D eigenvalue weighted by Crippen LogP contribution is 2.28. The lowest BCUT2D eigenvalue weighted by molar-refractivity contribution is -0.122. The number of nitrogens with one attached hydrogen (secondary N) is 2. The number of amides is 1. The summed E-state index contributed by atoms with van der Waals surface area (Å²) in [5.41, 5.74) is 0. The van der Waals surface area contributed by atoms with E-state index in [0.717, 1.165) is 45.6 Å². The van der Waals surface area contributed by atoms with Crippen LogP contribution >= 0.6 is 0 Å². The van der Waals surface area contributed by atoms with Gasteiger partial charge in [0.25, 0.3) is 0 Å². The second kappa shape index (κ2) is 4.75. The fourth-order valence-electron chi connectivity index (χ4n) is 1.66. The molecule has 80 valence electrons. The Balaban J connectivity index is 1.54. The van der Waals surface area contributed by atoms with Crippen molar-refractivity contribution >= 4 is 5.91 Å². The lowest BCUT2D eigenvalue weighted by Crippen LogP contribution is -2.43. The summed E-state index contributed by atoms with van der Waals surface area (Å²) < 4.78 is 5.32. The molecule has 0 bridgehead atoms. The molecule has 0 aromatic rings. The van der Waals surface area contributed by atoms with Crippen LogP contribution in [0.1, 0.15) is 19.3 Å². The summed E-state index contributed by atoms with van der Waals surface area (Å²) >= 11 is 0. The number of hydrogen-bond acceptors (Lipinski definition) is 3. The van der Waals surface area contributed by atoms with Gasteiger partial charge in [-0.1, -0.05) is 0 Å². The molecule has 2 N–H and O–H groups in total. The Morgan fingerprint density at radius 3 is 3.00 bits per heavy atom. The molecule has 1 aliphatic heterocycles. The van der Waals surface area contributed by atoms with Crippen molar-refractivity contribution in [3.8, 4) is 0 Å². The first-order chi connectivity index (χ1) is 6.86. The van der Waals surface area contributed by atoms with Gasteiger partial charge < -0.3 is 15.4 Å². The van der Waals surface area contributed by atoms with Crippen LogP contribution in [0.15, 0.2) is 0 Å². The topological polar surface area (TPSA) is 50.4 Å². The van der Waals surface area contributed by atoms with E-state index in [-0.39, 0.29) is 5.91 Å². The smallest absolute Gasteiger partial charge is 0.223 e. The average Bonchev–Trinajstić information content (AvgIpc) is 3.02. The molecule has 1 atom stereocenters. The zero-order valence-corrected chi connectivity index (χ0v) is 8.42. The number of ether oxygens (including phenoxy) is 1. The highest BCUT2D eigenvalue weighted by atomic mass is 16.5. The van der Waals surface area contributed by atoms with Gasteiger partial charge in [0, 0.05) is 25.0 Å². The van der Waals surface area contributed by atoms with Crippen LogP contribution in [0.4, 0.5) is 0 Å². The van der Waals surface area contributed by atoms with E-state index >= 15 is 0 Å². The Hall–Kier alpha value is -0.610. The van der Waals surface area contributed by atoms with Gasteiger partial charge in [0.15, 0.2) is 0 Å². The minimum Gasteiger partial charge on any atom is -0.379 e. The molecule has 0 radical (unpaired) electrons. The van der Waals surface area contributed by atoms with Gasteiger partial charge in [0.05, 0.1) is 13.2 Å². The van der Waals surface area contributed by atoms with Crippen LogP contribution in [0.5, 0.6) is 0 Å². The fraction of sp³-hybridized carbons (Fsp3) is 0.900. The minimum absolute atomic E-state index is 0.238. The first kappa shape index (κ1) is 9.93. The van der Waals surface area contributed by atoms with Crippen molar-refractivity contribution in [1.29, 1.82) is 0 Å². The van der Waals surface area contributed by atoms with E-state index in [2.05, 4.69) is 10.6 Å². The highest BCUT2D eigenvalue weighted by Gasteiger charge is 2.29. The Labute approximate surface area is 84.4 Å². The van der Waals surface area contributed by atoms with Gasteiger partial charge in [-0.25, -0.2) is 0 Å². The molecule has 0 aromatic heterocycles. The maximum Gasteiger partial charge on any atom is 0.223 e. The van der Waals surface area contributed by atoms with E-state index < -0.39 is 0 Å². The lowest BCUT2D eigenvalue weighted by Gasteiger charge is -2.23. The molecule has 1 heterocycles. The molecular formula is C10H18N2O2. The molecule has 1 saturated carbocycles. The largest absolute Gasteiger partial charge is 0.379 e. The molecule has 2 rings (SSSR count). The van der Waals surface area contributed by atoms with Crippen LogP contribution in [0.25, 0.3) is 0 Å². The van der Waals surface area contributed by atoms with E-state index in [9.17, 15) is 4.79 Å². The molecule has 1 saturated heterocycles. The Kier molecular flexibility index (Phi) is 3.37. The predicted octanol–water partition coefficient (Wildman–Crippen LogP) is -0.109. The van der Waals surface area contributed by atoms with Crippen LogP contribution in [0.2, 0.25) is 0 Å². The van der Waals surface area contributed by atoms with Crippen molar-refractivity contribution in [3.63, 3.8) is 0 Å². The van der Waals surface area contributed by atoms with Gasteiger partial charge in [-0.15, -0.1) is 0 Å². The van der Waals surface area contributed by atoms with Crippen molar-refractivity contribution in [3.05, 3.63) is 0 Å². The SMILES string of the molecule is O=C(NCCC1COCCN1)C1CC1. The van der Waals surface area contributed by atoms with Gasteiger partial charge in [-0.05, 0) is 19.3 Å². The van der Waals surface area contributed by atoms with Gasteiger partial charge in [-0.3, -0.25) is 4.79 Å². The third-order valence-corrected chi connectivity index (χ3v) is 2.74. The van der Waals surface area contributed by atoms with Gasteiger partial charge in [-0.2, -0.15) is 0 Å². The van der Waals surface area contributed by atoms with E-state index in [1.54, 1.807) is 0 Å². The number of carbonyl (C=O) groups is 1. The molecule has 14 heavy (non-hydrogen) atoms. The van der Waals surface area contributed by atoms with Crippen molar-refractivity contribution < 1.29 is 9.53 Å². The van der Waals surface area contributed by atoms with Crippen LogP contribution in [-0.4, -0.2) is 38.3 Å². The Morgan fingerprint density at radius 1 is 1.50 bits per heavy atom. The Bertz CT molecular complexity index is 198. The zero-order chi connectivity index (χ0) is 9.80. The minimum atomic E-state index is 0.238. The molecule has 0 spiro atoms. The summed E-state index contributed by atoms with van der Waals surface area (Å²) in [6, 6.07) is 0.420. The summed E-state index contributed by atoms with van der Waals surface area (Å²) in [6.45, 7) is 3.29. The van der Waals surface area contributed by atoms with Crippen molar-refractivity contribution in [2.24, 2.45) is 5.92 Å². The maximum absolute atomic E-state index is 11.3. The van der Waals surface area contributed by atoms with E-state index in [1.807, 2.05) is 0 Å². The molecule has 1 aliphatic carbocycles. The van der Waals surface area contributed by atoms with Crippen molar-refractivity contribution in [2.75, 3.05) is 26.3 Å². The van der Waals surface area contributed by atoms with Crippen molar-refractivity contribution in [1.82, 2.24) is 10.6 Å². The van der Waals surface area contributed by atoms with E-state index in [1.165, 1.54) is 0 Å². The summed E-state index contributed by atoms with van der Waals surface area (Å²) in [5.74, 6) is 0.562. The van der Waals surface area contributed by atoms with Crippen molar-refractivity contribution in [2.45, 2.75) is 25.3 Å². The zero-order valence-electron chi connectivity index (χ0n) is 8.42. The third kappa shape index (κ3) is 2.96. The molecule has 1 amide bonds. The normalized spacial score (nSPS) is 27.3. The summed E-state index contributed by atoms with van der Waals surface area (Å²) in [5, 5.41) is 6.32. The number of rotatable bonds is 4. The van der Waals surface area contributed by atoms with Crippen LogP contribution in [-0.2, 0) is 9.53 Å². The lowest BCUT2D eigenvalue weighted by atomic mass is 10.2. The highest BCUT2D eigenvalue weighted by molar-refractivity contribution is 5.80. The molecule has 0 aromatic carbocycles. The number of carbonyl (C=O) groups excluding carboxylic acids is 1. The second-order valence-corrected chi connectivity index (χ2v) is 4.08. The molecule has 4 nitrogen and oxygen atoms in total. The van der Waals surface area contributed by atoms with E-state index in [0.29, 0.717) is 12.0 Å². The first-order valence-electron chi connectivity index (χ1n) is 5.45. The molecule has 4 heteroatoms. The van der Waals surface area contributed by atoms with Gasteiger partial charge in [0.2, 0.25) is 5.91 Å². The number of hydrogen-bond donors (Lipinski definition) is 2. The fourth-order valence-corrected chi connectivity index (χ4v) is 1.66. The summed E-state index contributed by atoms with van der Waals surface area (Å²) in [7, 11) is 0. The van der Waals surface area contributed by atoms with Crippen LogP contribution in [0.3, 0.4) is 0 Å². The maximum atomic E-state index is 11.3. The molecule has 1 unspecified atom stereocenters. The van der Waals surface area contributed by atoms with Crippen LogP contribution < -0.4 is 10.6 Å². The number of morpholine rings is 1. The monoisotopic (exact) mass is 198 g/mol.